The number of hydrogen-bond acceptors (Lipinski definition) is 6. The summed E-state index contributed by atoms with van der Waals surface area (Å²) in [5.74, 6) is -0.825. The third-order valence-electron chi connectivity index (χ3n) is 8.90. The highest BCUT2D eigenvalue weighted by Gasteiger charge is 2.22. The molecule has 0 aliphatic carbocycles. The molecule has 0 amide bonds. The number of esters is 1. The van der Waals surface area contributed by atoms with Gasteiger partial charge in [-0.15, -0.1) is 0 Å². The van der Waals surface area contributed by atoms with Crippen LogP contribution in [0.5, 0.6) is 0 Å². The maximum Gasteiger partial charge on any atom is 0.422 e. The Bertz CT molecular complexity index is 1810. The molecule has 4 aromatic rings. The number of anilines is 1. The van der Waals surface area contributed by atoms with Gasteiger partial charge in [0.05, 0.1) is 11.2 Å². The van der Waals surface area contributed by atoms with E-state index in [1.165, 1.54) is 21.3 Å². The first-order chi connectivity index (χ1) is 24.6. The van der Waals surface area contributed by atoms with Gasteiger partial charge in [-0.1, -0.05) is 110 Å². The third-order valence-corrected chi connectivity index (χ3v) is 8.90. The van der Waals surface area contributed by atoms with Gasteiger partial charge in [0.1, 0.15) is 0 Å². The maximum atomic E-state index is 12.8. The van der Waals surface area contributed by atoms with E-state index in [1.54, 1.807) is 0 Å². The molecule has 0 saturated carbocycles. The van der Waals surface area contributed by atoms with E-state index in [9.17, 15) is 9.59 Å². The molecule has 3 aromatic carbocycles. The molecule has 0 radical (unpaired) electrons. The minimum Gasteiger partial charge on any atom is -0.444 e. The molecule has 2 heterocycles. The van der Waals surface area contributed by atoms with Crippen LogP contribution in [0.1, 0.15) is 63.9 Å². The molecule has 1 saturated heterocycles. The number of benzene rings is 3. The lowest BCUT2D eigenvalue weighted by molar-refractivity contribution is -0.147. The van der Waals surface area contributed by atoms with Crippen molar-refractivity contribution in [3.63, 3.8) is 0 Å². The zero-order chi connectivity index (χ0) is 34.8. The smallest absolute Gasteiger partial charge is 0.422 e. The highest BCUT2D eigenvalue weighted by Crippen LogP contribution is 2.28. The van der Waals surface area contributed by atoms with Crippen LogP contribution in [0, 0.1) is 0 Å². The number of hydrogen-bond donors (Lipinski definition) is 0. The summed E-state index contributed by atoms with van der Waals surface area (Å²) in [5, 5.41) is 0. The summed E-state index contributed by atoms with van der Waals surface area (Å²) in [4.78, 5) is 30.0. The average Bonchev–Trinajstić information content (AvgIpc) is 3.48. The van der Waals surface area contributed by atoms with E-state index in [-0.39, 0.29) is 12.7 Å². The first kappa shape index (κ1) is 36.4. The van der Waals surface area contributed by atoms with E-state index in [2.05, 4.69) is 114 Å². The summed E-state index contributed by atoms with van der Waals surface area (Å²) >= 11 is 0. The molecule has 1 aromatic heterocycles. The number of piperazine rings is 1. The Hall–Kier alpha value is -4.88. The summed E-state index contributed by atoms with van der Waals surface area (Å²) in [6.45, 7) is 6.32. The lowest BCUT2D eigenvalue weighted by Gasteiger charge is -2.36. The second-order valence-corrected chi connectivity index (χ2v) is 12.6. The topological polar surface area (TPSA) is 67.9 Å². The number of unbranched alkanes of at least 4 members (excludes halogenated alkanes) is 2. The predicted molar refractivity (Wildman–Crippen MR) is 205 cm³/mol. The fourth-order valence-electron chi connectivity index (χ4n) is 6.16. The fraction of sp³-hybridized carbons (Fsp3) is 0.349. The molecule has 262 valence electrons. The van der Waals surface area contributed by atoms with Gasteiger partial charge in [0.15, 0.2) is 12.3 Å². The van der Waals surface area contributed by atoms with E-state index in [0.29, 0.717) is 17.5 Å². The molecular formula is C43H51N3O4. The quantitative estimate of drug-likeness (QED) is 0.0596. The van der Waals surface area contributed by atoms with Crippen molar-refractivity contribution in [1.82, 2.24) is 9.47 Å². The van der Waals surface area contributed by atoms with Crippen molar-refractivity contribution in [2.24, 2.45) is 0 Å². The molecule has 0 N–H and O–H groups in total. The SMILES string of the molecule is CCC=CCC=CCC=CCC=CCCCCC(=O)OCn1c(=O)oc2c(N3CCN(Cc4cccc(-c5ccccc5)c4)CC3)cccc21. The van der Waals surface area contributed by atoms with Crippen molar-refractivity contribution < 1.29 is 13.9 Å². The van der Waals surface area contributed by atoms with E-state index in [1.807, 2.05) is 24.3 Å². The summed E-state index contributed by atoms with van der Waals surface area (Å²) < 4.78 is 12.6. The molecule has 5 rings (SSSR count). The number of rotatable bonds is 18. The Kier molecular flexibility index (Phi) is 14.5. The van der Waals surface area contributed by atoms with Gasteiger partial charge < -0.3 is 14.1 Å². The van der Waals surface area contributed by atoms with Gasteiger partial charge in [-0.25, -0.2) is 9.36 Å². The van der Waals surface area contributed by atoms with Crippen molar-refractivity contribution in [3.8, 4) is 11.1 Å². The molecule has 1 aliphatic heterocycles. The Morgan fingerprint density at radius 3 is 2.18 bits per heavy atom. The van der Waals surface area contributed by atoms with Crippen molar-refractivity contribution in [3.05, 3.63) is 138 Å². The monoisotopic (exact) mass is 673 g/mol. The van der Waals surface area contributed by atoms with Crippen LogP contribution in [0.3, 0.4) is 0 Å². The normalized spacial score (nSPS) is 14.3. The van der Waals surface area contributed by atoms with Crippen molar-refractivity contribution in [1.29, 1.82) is 0 Å². The van der Waals surface area contributed by atoms with E-state index >= 15 is 0 Å². The number of carbonyl (C=O) groups excluding carboxylic acids is 1. The number of fused-ring (bicyclic) bond motifs is 1. The molecule has 7 nitrogen and oxygen atoms in total. The highest BCUT2D eigenvalue weighted by molar-refractivity contribution is 5.87. The molecule has 7 heteroatoms. The summed E-state index contributed by atoms with van der Waals surface area (Å²) in [5.41, 5.74) is 5.83. The van der Waals surface area contributed by atoms with Crippen LogP contribution < -0.4 is 10.7 Å². The Balaban J connectivity index is 1.02. The summed E-state index contributed by atoms with van der Waals surface area (Å²) in [6.07, 6.45) is 24.3. The van der Waals surface area contributed by atoms with Crippen LogP contribution in [0.4, 0.5) is 5.69 Å². The third kappa shape index (κ3) is 11.1. The second kappa shape index (κ2) is 20.0. The van der Waals surface area contributed by atoms with Crippen LogP contribution in [0.25, 0.3) is 22.2 Å². The van der Waals surface area contributed by atoms with Crippen molar-refractivity contribution >= 4 is 22.8 Å². The van der Waals surface area contributed by atoms with E-state index in [4.69, 9.17) is 9.15 Å². The Morgan fingerprint density at radius 2 is 1.44 bits per heavy atom. The molecule has 0 atom stereocenters. The molecule has 1 fully saturated rings. The summed E-state index contributed by atoms with van der Waals surface area (Å²) in [7, 11) is 0. The number of allylic oxidation sites excluding steroid dienone is 8. The fourth-order valence-corrected chi connectivity index (χ4v) is 6.16. The lowest BCUT2D eigenvalue weighted by atomic mass is 10.0. The molecular weight excluding hydrogens is 622 g/mol. The standard InChI is InChI=1S/C43H51N3O4/c1-2-3-4-5-6-7-8-9-10-11-12-13-14-15-19-28-41(47)49-35-46-40-27-21-26-39(42(40)50-43(46)48)45-31-29-44(30-32-45)34-36-22-20-25-38(33-36)37-23-17-16-18-24-37/h3-4,6-7,9-10,12-13,16-18,20-27,33H,2,5,8,11,14-15,19,28-32,34-35H2,1H3. The van der Waals surface area contributed by atoms with Gasteiger partial charge in [-0.05, 0) is 79.8 Å². The molecule has 50 heavy (non-hydrogen) atoms. The number of nitrogens with zero attached hydrogens (tertiary/aromatic N) is 3. The number of aromatic nitrogens is 1. The van der Waals surface area contributed by atoms with Gasteiger partial charge in [-0.2, -0.15) is 0 Å². The second-order valence-electron chi connectivity index (χ2n) is 12.6. The minimum atomic E-state index is -0.517. The lowest BCUT2D eigenvalue weighted by Crippen LogP contribution is -2.46. The Labute approximate surface area is 296 Å². The molecule has 0 bridgehead atoms. The first-order valence-electron chi connectivity index (χ1n) is 18.1. The average molecular weight is 674 g/mol. The van der Waals surface area contributed by atoms with Crippen molar-refractivity contribution in [2.45, 2.75) is 71.6 Å². The van der Waals surface area contributed by atoms with E-state index in [0.717, 1.165) is 83.4 Å². The number of ether oxygens (including phenoxy) is 1. The molecule has 0 unspecified atom stereocenters. The zero-order valence-corrected chi connectivity index (χ0v) is 29.4. The van der Waals surface area contributed by atoms with Gasteiger partial charge in [-0.3, -0.25) is 9.69 Å². The first-order valence-corrected chi connectivity index (χ1v) is 18.1. The molecule has 0 spiro atoms. The zero-order valence-electron chi connectivity index (χ0n) is 29.4. The minimum absolute atomic E-state index is 0.152. The van der Waals surface area contributed by atoms with Crippen molar-refractivity contribution in [2.75, 3.05) is 31.1 Å². The van der Waals surface area contributed by atoms with Crippen LogP contribution in [-0.4, -0.2) is 41.6 Å². The Morgan fingerprint density at radius 1 is 0.760 bits per heavy atom. The van der Waals surface area contributed by atoms with Crippen LogP contribution in [-0.2, 0) is 22.8 Å². The largest absolute Gasteiger partial charge is 0.444 e. The van der Waals surface area contributed by atoms with Gasteiger partial charge in [0, 0.05) is 39.1 Å². The van der Waals surface area contributed by atoms with Gasteiger partial charge >= 0.3 is 11.7 Å². The van der Waals surface area contributed by atoms with E-state index < -0.39 is 5.76 Å². The highest BCUT2D eigenvalue weighted by atomic mass is 16.5. The number of oxazole rings is 1. The predicted octanol–water partition coefficient (Wildman–Crippen LogP) is 9.45. The number of para-hydroxylation sites is 1. The summed E-state index contributed by atoms with van der Waals surface area (Å²) in [6, 6.07) is 25.0. The van der Waals surface area contributed by atoms with Crippen LogP contribution >= 0.6 is 0 Å². The van der Waals surface area contributed by atoms with Crippen LogP contribution in [0.2, 0.25) is 0 Å². The number of carbonyl (C=O) groups is 1. The maximum absolute atomic E-state index is 12.8. The van der Waals surface area contributed by atoms with Gasteiger partial charge in [0.25, 0.3) is 0 Å². The van der Waals surface area contributed by atoms with Crippen LogP contribution in [0.15, 0.2) is 131 Å². The van der Waals surface area contributed by atoms with Gasteiger partial charge in [0.2, 0.25) is 0 Å². The molecule has 1 aliphatic rings.